The van der Waals surface area contributed by atoms with Gasteiger partial charge in [-0.2, -0.15) is 0 Å². The summed E-state index contributed by atoms with van der Waals surface area (Å²) < 4.78 is 0. The van der Waals surface area contributed by atoms with E-state index in [9.17, 15) is 5.11 Å². The predicted molar refractivity (Wildman–Crippen MR) is 343 cm³/mol. The van der Waals surface area contributed by atoms with E-state index in [1.54, 1.807) is 128 Å². The van der Waals surface area contributed by atoms with Crippen LogP contribution in [0, 0.1) is 154 Å². The van der Waals surface area contributed by atoms with Gasteiger partial charge in [0.05, 0.1) is 0 Å². The molecule has 458 valence electrons. The number of aliphatic hydroxyl groups excluding tert-OH is 1. The van der Waals surface area contributed by atoms with E-state index in [-0.39, 0.29) is 0 Å². The van der Waals surface area contributed by atoms with Crippen molar-refractivity contribution in [2.24, 2.45) is 154 Å². The number of rotatable bonds is 28. The first-order valence-electron chi connectivity index (χ1n) is 38.3. The van der Waals surface area contributed by atoms with Crippen molar-refractivity contribution in [3.63, 3.8) is 0 Å². The molecule has 0 aromatic carbocycles. The number of fused-ring (bicyclic) bond motifs is 7. The number of hydrogen-bond acceptors (Lipinski definition) is 1. The maximum absolute atomic E-state index is 11.5. The highest BCUT2D eigenvalue weighted by Crippen LogP contribution is 2.67. The van der Waals surface area contributed by atoms with Crippen LogP contribution in [0.5, 0.6) is 0 Å². The van der Waals surface area contributed by atoms with E-state index in [0.717, 1.165) is 148 Å². The van der Waals surface area contributed by atoms with Gasteiger partial charge >= 0.3 is 0 Å². The summed E-state index contributed by atoms with van der Waals surface area (Å²) in [5.74, 6) is 25.2. The fraction of sp³-hybridized carbons (Fsp3) is 1.00. The van der Waals surface area contributed by atoms with Gasteiger partial charge in [0.2, 0.25) is 0 Å². The molecule has 0 saturated heterocycles. The third-order valence-electron chi connectivity index (χ3n) is 28.8. The molecule has 0 aromatic rings. The highest BCUT2D eigenvalue weighted by atomic mass is 16.3. The van der Waals surface area contributed by atoms with Crippen LogP contribution in [0.15, 0.2) is 0 Å². The number of hydrogen-bond donors (Lipinski definition) is 1. The summed E-state index contributed by atoms with van der Waals surface area (Å²) in [7, 11) is 0. The Labute approximate surface area is 495 Å². The highest BCUT2D eigenvalue weighted by Gasteiger charge is 2.59. The van der Waals surface area contributed by atoms with Crippen molar-refractivity contribution in [1.29, 1.82) is 0 Å². The molecule has 0 heterocycles. The maximum Gasteiger partial charge on any atom is 0.0462 e. The Bertz CT molecular complexity index is 1680. The summed E-state index contributed by atoms with van der Waals surface area (Å²) in [6.07, 6.45) is 63.7. The molecule has 9 aliphatic carbocycles. The molecule has 26 unspecified atom stereocenters. The molecule has 9 saturated carbocycles. The SMILES string of the molecule is CCCCC1CC(CC)CC(CCC2CC(CCC)CC3CC(CCC4C5CCC6C(CCC(CC)CCC)CC(CCCC)CC6C5CC5CCC6C(CCC(C7CCC(CCC)C(CC)C7)C6C(CC)CO)C54)CCC23)C1. The summed E-state index contributed by atoms with van der Waals surface area (Å²) in [6, 6.07) is 0. The van der Waals surface area contributed by atoms with E-state index in [4.69, 9.17) is 0 Å². The summed E-state index contributed by atoms with van der Waals surface area (Å²) in [4.78, 5) is 0. The molecular weight excluding hydrogens is 953 g/mol. The van der Waals surface area contributed by atoms with Crippen LogP contribution in [0.1, 0.15) is 332 Å². The topological polar surface area (TPSA) is 20.2 Å². The maximum atomic E-state index is 11.5. The Hall–Kier alpha value is -0.0400. The molecule has 9 aliphatic rings. The minimum Gasteiger partial charge on any atom is -0.396 e. The van der Waals surface area contributed by atoms with Gasteiger partial charge in [0.25, 0.3) is 0 Å². The van der Waals surface area contributed by atoms with Gasteiger partial charge in [-0.3, -0.25) is 0 Å². The van der Waals surface area contributed by atoms with Crippen molar-refractivity contribution >= 4 is 0 Å². The number of unbranched alkanes of at least 4 members (excludes halogenated alkanes) is 2. The van der Waals surface area contributed by atoms with E-state index in [1.165, 1.54) is 141 Å². The van der Waals surface area contributed by atoms with Gasteiger partial charge in [0.1, 0.15) is 0 Å². The second kappa shape index (κ2) is 31.6. The van der Waals surface area contributed by atoms with Gasteiger partial charge in [-0.25, -0.2) is 0 Å². The molecule has 9 rings (SSSR count). The first kappa shape index (κ1) is 63.5. The number of aliphatic hydroxyl groups is 1. The fourth-order valence-electron chi connectivity index (χ4n) is 25.3. The van der Waals surface area contributed by atoms with Crippen LogP contribution in [-0.4, -0.2) is 11.7 Å². The first-order chi connectivity index (χ1) is 38.7. The Morgan fingerprint density at radius 1 is 0.329 bits per heavy atom. The standard InChI is InChI=1S/C78H140O/c1-10-19-24-57-42-54(16-7)43-59(44-57)27-31-63-46-56(22-13-4)48-67-45-55(28-35-68(63)67)29-36-72-71-40-38-69-64(30-26-53(15-6)21-12-3)47-58(25-20-11-2)49-75(69)76(71)51-66-34-37-73-74(78(66)72)41-39-70(77(73)61(18-9)52-79)65-33-32-62(23-14-5)60(17-8)50-65/h53-79H,10-52H2,1-9H3. The van der Waals surface area contributed by atoms with Crippen LogP contribution < -0.4 is 0 Å². The molecular formula is C78H140O. The fourth-order valence-corrected chi connectivity index (χ4v) is 25.3. The molecule has 0 bridgehead atoms. The molecule has 9 fully saturated rings. The van der Waals surface area contributed by atoms with Gasteiger partial charge in [-0.15, -0.1) is 0 Å². The lowest BCUT2D eigenvalue weighted by atomic mass is 9.42. The Kier molecular flexibility index (Phi) is 25.4. The van der Waals surface area contributed by atoms with E-state index < -0.39 is 0 Å². The molecule has 26 atom stereocenters. The summed E-state index contributed by atoms with van der Waals surface area (Å²) in [5, 5.41) is 11.5. The first-order valence-corrected chi connectivity index (χ1v) is 38.3. The van der Waals surface area contributed by atoms with Gasteiger partial charge in [0, 0.05) is 6.61 Å². The van der Waals surface area contributed by atoms with Crippen LogP contribution in [0.3, 0.4) is 0 Å². The highest BCUT2D eigenvalue weighted by molar-refractivity contribution is 5.08. The summed E-state index contributed by atoms with van der Waals surface area (Å²) in [6.45, 7) is 22.8. The van der Waals surface area contributed by atoms with Crippen LogP contribution in [0.4, 0.5) is 0 Å². The zero-order chi connectivity index (χ0) is 55.4. The van der Waals surface area contributed by atoms with Crippen LogP contribution >= 0.6 is 0 Å². The third-order valence-corrected chi connectivity index (χ3v) is 28.8. The molecule has 0 amide bonds. The summed E-state index contributed by atoms with van der Waals surface area (Å²) in [5.41, 5.74) is 0. The van der Waals surface area contributed by atoms with Crippen molar-refractivity contribution in [3.05, 3.63) is 0 Å². The zero-order valence-electron chi connectivity index (χ0n) is 54.9. The normalized spacial score (nSPS) is 44.1. The Balaban J connectivity index is 0.954. The minimum absolute atomic E-state index is 0.454. The predicted octanol–water partition coefficient (Wildman–Crippen LogP) is 23.7. The summed E-state index contributed by atoms with van der Waals surface area (Å²) >= 11 is 0. The van der Waals surface area contributed by atoms with Crippen LogP contribution in [-0.2, 0) is 0 Å². The van der Waals surface area contributed by atoms with Gasteiger partial charge < -0.3 is 5.11 Å². The van der Waals surface area contributed by atoms with Gasteiger partial charge in [-0.05, 0) is 295 Å². The van der Waals surface area contributed by atoms with Crippen molar-refractivity contribution in [2.75, 3.05) is 6.61 Å². The van der Waals surface area contributed by atoms with Crippen LogP contribution in [0.25, 0.3) is 0 Å². The largest absolute Gasteiger partial charge is 0.396 e. The van der Waals surface area contributed by atoms with Crippen molar-refractivity contribution in [2.45, 2.75) is 332 Å². The van der Waals surface area contributed by atoms with Gasteiger partial charge in [0.15, 0.2) is 0 Å². The average Bonchev–Trinajstić information content (AvgIpc) is 3.58. The zero-order valence-corrected chi connectivity index (χ0v) is 54.9. The molecule has 0 spiro atoms. The molecule has 1 heteroatoms. The van der Waals surface area contributed by atoms with Crippen molar-refractivity contribution in [3.8, 4) is 0 Å². The van der Waals surface area contributed by atoms with Crippen LogP contribution in [0.2, 0.25) is 0 Å². The van der Waals surface area contributed by atoms with Crippen molar-refractivity contribution in [1.82, 2.24) is 0 Å². The molecule has 0 aromatic heterocycles. The van der Waals surface area contributed by atoms with E-state index in [1.807, 2.05) is 0 Å². The lowest BCUT2D eigenvalue weighted by Gasteiger charge is -2.63. The third kappa shape index (κ3) is 15.4. The molecule has 1 N–H and O–H groups in total. The Morgan fingerprint density at radius 2 is 0.949 bits per heavy atom. The minimum atomic E-state index is 0.454. The molecule has 0 radical (unpaired) electrons. The average molecular weight is 1090 g/mol. The van der Waals surface area contributed by atoms with E-state index >= 15 is 0 Å². The van der Waals surface area contributed by atoms with E-state index in [0.29, 0.717) is 12.5 Å². The smallest absolute Gasteiger partial charge is 0.0462 e. The van der Waals surface area contributed by atoms with E-state index in [2.05, 4.69) is 62.3 Å². The molecule has 1 nitrogen and oxygen atoms in total. The molecule has 79 heavy (non-hydrogen) atoms. The second-order valence-electron chi connectivity index (χ2n) is 32.7. The quantitative estimate of drug-likeness (QED) is 0.0828. The van der Waals surface area contributed by atoms with Gasteiger partial charge in [-0.1, -0.05) is 191 Å². The second-order valence-corrected chi connectivity index (χ2v) is 32.7. The lowest BCUT2D eigenvalue weighted by molar-refractivity contribution is -0.146. The lowest BCUT2D eigenvalue weighted by Crippen LogP contribution is -2.56. The Morgan fingerprint density at radius 3 is 1.65 bits per heavy atom. The molecule has 0 aliphatic heterocycles. The monoisotopic (exact) mass is 1090 g/mol. The van der Waals surface area contributed by atoms with Crippen molar-refractivity contribution < 1.29 is 5.11 Å².